The minimum Gasteiger partial charge on any atom is -0.432 e. The molecule has 6 fully saturated rings. The molecule has 11 heteroatoms. The van der Waals surface area contributed by atoms with E-state index in [-0.39, 0.29) is 41.5 Å². The van der Waals surface area contributed by atoms with Crippen molar-refractivity contribution in [1.82, 2.24) is 0 Å². The number of hydrogen-bond acceptors (Lipinski definition) is 11. The van der Waals surface area contributed by atoms with Gasteiger partial charge in [0.25, 0.3) is 0 Å². The van der Waals surface area contributed by atoms with Gasteiger partial charge in [0.05, 0.1) is 12.5 Å². The van der Waals surface area contributed by atoms with Crippen LogP contribution in [0.3, 0.4) is 0 Å². The van der Waals surface area contributed by atoms with Gasteiger partial charge in [-0.25, -0.2) is 0 Å². The van der Waals surface area contributed by atoms with Crippen molar-refractivity contribution in [2.24, 2.45) is 47.3 Å². The minimum absolute atomic E-state index is 0.00391. The SMILES string of the molecule is COCCCOC1O[C@@H]2O[C@](C)(O)CCC3[C@H](C)CCC([C@H]1C)[C@]32O.C[C@@H]1CCC2[C@@H](C)C(=O)O[C@@H]3O[C@](C)(O)CCC1[C@@]23O. The van der Waals surface area contributed by atoms with Crippen LogP contribution in [0.1, 0.15) is 99.3 Å². The lowest BCUT2D eigenvalue weighted by Crippen LogP contribution is -2.67. The summed E-state index contributed by atoms with van der Waals surface area (Å²) >= 11 is 0. The van der Waals surface area contributed by atoms with Crippen LogP contribution in [0.15, 0.2) is 0 Å². The Morgan fingerprint density at radius 1 is 0.733 bits per heavy atom. The Morgan fingerprint density at radius 3 is 1.84 bits per heavy atom. The van der Waals surface area contributed by atoms with Crippen molar-refractivity contribution in [2.45, 2.75) is 141 Å². The van der Waals surface area contributed by atoms with Crippen molar-refractivity contribution < 1.29 is 53.6 Å². The molecule has 0 bridgehead atoms. The van der Waals surface area contributed by atoms with E-state index in [1.54, 1.807) is 21.0 Å². The van der Waals surface area contributed by atoms with E-state index in [2.05, 4.69) is 20.8 Å². The number of esters is 1. The molecule has 15 atom stereocenters. The predicted molar refractivity (Wildman–Crippen MR) is 162 cm³/mol. The molecule has 2 saturated carbocycles. The molecule has 4 N–H and O–H groups in total. The van der Waals surface area contributed by atoms with Crippen molar-refractivity contribution in [3.63, 3.8) is 0 Å². The molecule has 2 aliphatic carbocycles. The van der Waals surface area contributed by atoms with E-state index in [9.17, 15) is 25.2 Å². The molecule has 4 aliphatic heterocycles. The van der Waals surface area contributed by atoms with Gasteiger partial charge in [0.1, 0.15) is 11.2 Å². The molecule has 0 radical (unpaired) electrons. The highest BCUT2D eigenvalue weighted by Gasteiger charge is 2.65. The third-order valence-corrected chi connectivity index (χ3v) is 12.2. The molecule has 5 unspecified atom stereocenters. The van der Waals surface area contributed by atoms with Gasteiger partial charge >= 0.3 is 5.97 Å². The van der Waals surface area contributed by atoms with Gasteiger partial charge in [-0.2, -0.15) is 0 Å². The van der Waals surface area contributed by atoms with Gasteiger partial charge in [-0.3, -0.25) is 4.79 Å². The van der Waals surface area contributed by atoms with Gasteiger partial charge in [-0.05, 0) is 82.5 Å². The van der Waals surface area contributed by atoms with Gasteiger partial charge < -0.3 is 48.8 Å². The molecular weight excluding hydrogens is 584 g/mol. The van der Waals surface area contributed by atoms with Gasteiger partial charge in [-0.15, -0.1) is 0 Å². The van der Waals surface area contributed by atoms with Crippen molar-refractivity contribution in [1.29, 1.82) is 0 Å². The van der Waals surface area contributed by atoms with E-state index in [0.29, 0.717) is 44.3 Å². The monoisotopic (exact) mass is 642 g/mol. The summed E-state index contributed by atoms with van der Waals surface area (Å²) in [6.07, 6.45) is 4.62. The van der Waals surface area contributed by atoms with Gasteiger partial charge in [0.2, 0.25) is 6.29 Å². The highest BCUT2D eigenvalue weighted by atomic mass is 16.8. The minimum atomic E-state index is -1.36. The number of rotatable bonds is 5. The maximum atomic E-state index is 12.0. The van der Waals surface area contributed by atoms with Crippen molar-refractivity contribution in [3.8, 4) is 0 Å². The smallest absolute Gasteiger partial charge is 0.311 e. The van der Waals surface area contributed by atoms with Crippen LogP contribution in [0.2, 0.25) is 0 Å². The number of methoxy groups -OCH3 is 1. The lowest BCUT2D eigenvalue weighted by molar-refractivity contribution is -0.408. The van der Waals surface area contributed by atoms with Crippen LogP contribution in [-0.2, 0) is 33.2 Å². The Kier molecular flexibility index (Phi) is 10.4. The highest BCUT2D eigenvalue weighted by molar-refractivity contribution is 5.74. The van der Waals surface area contributed by atoms with E-state index in [1.807, 2.05) is 6.92 Å². The van der Waals surface area contributed by atoms with Crippen LogP contribution in [-0.4, -0.2) is 88.4 Å². The second-order valence-corrected chi connectivity index (χ2v) is 15.4. The lowest BCUT2D eigenvalue weighted by atomic mass is 9.58. The first-order valence-electron chi connectivity index (χ1n) is 17.3. The van der Waals surface area contributed by atoms with Crippen LogP contribution in [0, 0.1) is 47.3 Å². The summed E-state index contributed by atoms with van der Waals surface area (Å²) in [6.45, 7) is 12.6. The van der Waals surface area contributed by atoms with Gasteiger partial charge in [0.15, 0.2) is 24.2 Å². The van der Waals surface area contributed by atoms with Crippen molar-refractivity contribution in [2.75, 3.05) is 20.3 Å². The molecule has 6 aliphatic rings. The average molecular weight is 643 g/mol. The standard InChI is InChI=1S/C19H34O6.C15H24O5/c1-12-6-7-15-13(2)16(23-11-5-10-22-4)24-17-19(15,21)14(12)8-9-18(3,20)25-17;1-8-4-5-11-9(2)12(16)19-13-15(11,18)10(8)6-7-14(3,17)20-13/h12-17,20-21H,5-11H2,1-4H3;8-11,13,17-18H,4-7H2,1-3H3/t12-,13-,14?,15?,16?,17-,18+,19-;8-,9-,10?,11?,13-,14+,15-/m11/s1. The molecule has 4 heterocycles. The largest absolute Gasteiger partial charge is 0.432 e. The molecule has 260 valence electrons. The molecule has 6 rings (SSSR count). The van der Waals surface area contributed by atoms with Gasteiger partial charge in [0, 0.05) is 44.3 Å². The Hall–Kier alpha value is -0.890. The second-order valence-electron chi connectivity index (χ2n) is 15.4. The average Bonchev–Trinajstić information content (AvgIpc) is 3.13. The molecule has 0 aromatic carbocycles. The Balaban J connectivity index is 0.000000182. The third kappa shape index (κ3) is 6.59. The van der Waals surface area contributed by atoms with E-state index in [4.69, 9.17) is 28.4 Å². The van der Waals surface area contributed by atoms with E-state index >= 15 is 0 Å². The maximum absolute atomic E-state index is 12.0. The van der Waals surface area contributed by atoms with E-state index in [0.717, 1.165) is 38.5 Å². The number of hydrogen-bond donors (Lipinski definition) is 4. The molecule has 0 aromatic rings. The van der Waals surface area contributed by atoms with Crippen molar-refractivity contribution in [3.05, 3.63) is 0 Å². The topological polar surface area (TPSA) is 153 Å². The fraction of sp³-hybridized carbons (Fsp3) is 0.971. The lowest BCUT2D eigenvalue weighted by Gasteiger charge is -2.57. The van der Waals surface area contributed by atoms with Crippen LogP contribution < -0.4 is 0 Å². The molecular formula is C34H58O11. The zero-order valence-electron chi connectivity index (χ0n) is 28.3. The summed E-state index contributed by atoms with van der Waals surface area (Å²) in [7, 11) is 1.67. The molecule has 0 aromatic heterocycles. The normalized spacial score (nSPS) is 52.6. The fourth-order valence-electron chi connectivity index (χ4n) is 9.55. The molecule has 45 heavy (non-hydrogen) atoms. The summed E-state index contributed by atoms with van der Waals surface area (Å²) in [6, 6.07) is 0. The first-order valence-corrected chi connectivity index (χ1v) is 17.3. The highest BCUT2D eigenvalue weighted by Crippen LogP contribution is 2.56. The third-order valence-electron chi connectivity index (χ3n) is 12.2. The molecule has 0 amide bonds. The first-order chi connectivity index (χ1) is 21.0. The van der Waals surface area contributed by atoms with Crippen LogP contribution in [0.4, 0.5) is 0 Å². The number of aliphatic hydroxyl groups is 4. The zero-order chi connectivity index (χ0) is 32.9. The maximum Gasteiger partial charge on any atom is 0.311 e. The van der Waals surface area contributed by atoms with E-state index < -0.39 is 41.6 Å². The van der Waals surface area contributed by atoms with Gasteiger partial charge in [-0.1, -0.05) is 27.7 Å². The van der Waals surface area contributed by atoms with E-state index in [1.165, 1.54) is 0 Å². The zero-order valence-corrected chi connectivity index (χ0v) is 28.3. The first kappa shape index (κ1) is 35.4. The van der Waals surface area contributed by atoms with Crippen molar-refractivity contribution >= 4 is 5.97 Å². The van der Waals surface area contributed by atoms with Crippen LogP contribution in [0.25, 0.3) is 0 Å². The van der Waals surface area contributed by atoms with Crippen LogP contribution >= 0.6 is 0 Å². The number of carbonyl (C=O) groups is 1. The van der Waals surface area contributed by atoms with Crippen LogP contribution in [0.5, 0.6) is 0 Å². The quantitative estimate of drug-likeness (QED) is 0.257. The Morgan fingerprint density at radius 2 is 1.27 bits per heavy atom. The summed E-state index contributed by atoms with van der Waals surface area (Å²) in [5.74, 6) is -2.54. The molecule has 11 nitrogen and oxygen atoms in total. The summed E-state index contributed by atoms with van der Waals surface area (Å²) in [5.41, 5.74) is -2.24. The number of carbonyl (C=O) groups excluding carboxylic acids is 1. The summed E-state index contributed by atoms with van der Waals surface area (Å²) in [5, 5.41) is 43.8. The Labute approximate surface area is 268 Å². The summed E-state index contributed by atoms with van der Waals surface area (Å²) in [4.78, 5) is 12.0. The summed E-state index contributed by atoms with van der Waals surface area (Å²) < 4.78 is 33.9. The molecule has 4 saturated heterocycles. The fourth-order valence-corrected chi connectivity index (χ4v) is 9.55. The number of ether oxygens (including phenoxy) is 6. The molecule has 0 spiro atoms. The predicted octanol–water partition coefficient (Wildman–Crippen LogP) is 3.69. The Bertz CT molecular complexity index is 1040. The second kappa shape index (κ2) is 13.2.